The van der Waals surface area contributed by atoms with E-state index in [-0.39, 0.29) is 28.7 Å². The summed E-state index contributed by atoms with van der Waals surface area (Å²) >= 11 is 0. The summed E-state index contributed by atoms with van der Waals surface area (Å²) in [5.74, 6) is 0.161. The monoisotopic (exact) mass is 282 g/mol. The molecule has 116 valence electrons. The van der Waals surface area contributed by atoms with E-state index in [2.05, 4.69) is 12.2 Å². The molecule has 0 saturated carbocycles. The van der Waals surface area contributed by atoms with Gasteiger partial charge < -0.3 is 10.2 Å². The molecule has 1 rings (SSSR count). The van der Waals surface area contributed by atoms with Crippen LogP contribution in [0.1, 0.15) is 60.8 Å². The topological polar surface area (TPSA) is 49.4 Å². The maximum absolute atomic E-state index is 12.3. The maximum Gasteiger partial charge on any atom is 0.227 e. The van der Waals surface area contributed by atoms with Crippen LogP contribution in [0.4, 0.5) is 0 Å². The highest BCUT2D eigenvalue weighted by atomic mass is 16.2. The lowest BCUT2D eigenvalue weighted by atomic mass is 9.90. The summed E-state index contributed by atoms with van der Waals surface area (Å²) in [4.78, 5) is 26.5. The summed E-state index contributed by atoms with van der Waals surface area (Å²) in [6, 6.07) is 0. The van der Waals surface area contributed by atoms with Crippen LogP contribution in [-0.4, -0.2) is 35.3 Å². The maximum atomic E-state index is 12.3. The fourth-order valence-corrected chi connectivity index (χ4v) is 2.37. The van der Waals surface area contributed by atoms with E-state index in [1.807, 2.05) is 39.5 Å². The molecule has 1 saturated heterocycles. The zero-order valence-electron chi connectivity index (χ0n) is 13.9. The van der Waals surface area contributed by atoms with Gasteiger partial charge in [0.1, 0.15) is 0 Å². The predicted molar refractivity (Wildman–Crippen MR) is 81.3 cm³/mol. The minimum absolute atomic E-state index is 0.0686. The number of piperidine rings is 1. The van der Waals surface area contributed by atoms with Gasteiger partial charge >= 0.3 is 0 Å². The highest BCUT2D eigenvalue weighted by Gasteiger charge is 2.34. The highest BCUT2D eigenvalue weighted by Crippen LogP contribution is 2.24. The van der Waals surface area contributed by atoms with Crippen molar-refractivity contribution in [2.24, 2.45) is 11.3 Å². The molecule has 2 amide bonds. The normalized spacial score (nSPS) is 20.7. The Kier molecular flexibility index (Phi) is 5.22. The van der Waals surface area contributed by atoms with Gasteiger partial charge in [-0.3, -0.25) is 9.59 Å². The molecule has 20 heavy (non-hydrogen) atoms. The van der Waals surface area contributed by atoms with Crippen molar-refractivity contribution < 1.29 is 9.59 Å². The van der Waals surface area contributed by atoms with E-state index < -0.39 is 0 Å². The molecule has 1 fully saturated rings. The zero-order chi connectivity index (χ0) is 15.6. The number of nitrogens with zero attached hydrogens (tertiary/aromatic N) is 1. The first kappa shape index (κ1) is 17.0. The molecule has 1 aliphatic heterocycles. The minimum atomic E-state index is -0.374. The van der Waals surface area contributed by atoms with E-state index in [9.17, 15) is 9.59 Å². The Morgan fingerprint density at radius 2 is 1.80 bits per heavy atom. The van der Waals surface area contributed by atoms with Crippen molar-refractivity contribution in [2.45, 2.75) is 66.3 Å². The average molecular weight is 282 g/mol. The van der Waals surface area contributed by atoms with Crippen molar-refractivity contribution in [3.8, 4) is 0 Å². The van der Waals surface area contributed by atoms with Gasteiger partial charge in [-0.15, -0.1) is 0 Å². The standard InChI is InChI=1S/C16H30N2O2/c1-7-16(5,6)17-13(19)12-9-8-10-18(11-12)14(20)15(2,3)4/h12H,7-11H2,1-6H3,(H,17,19). The average Bonchev–Trinajstić information content (AvgIpc) is 2.36. The lowest BCUT2D eigenvalue weighted by Crippen LogP contribution is -2.52. The molecule has 1 aliphatic rings. The second kappa shape index (κ2) is 6.15. The molecular formula is C16H30N2O2. The van der Waals surface area contributed by atoms with Crippen LogP contribution in [0.3, 0.4) is 0 Å². The Morgan fingerprint density at radius 3 is 2.30 bits per heavy atom. The Morgan fingerprint density at radius 1 is 1.20 bits per heavy atom. The first-order valence-electron chi connectivity index (χ1n) is 7.68. The largest absolute Gasteiger partial charge is 0.351 e. The van der Waals surface area contributed by atoms with Gasteiger partial charge in [-0.1, -0.05) is 27.7 Å². The van der Waals surface area contributed by atoms with Crippen molar-refractivity contribution >= 4 is 11.8 Å². The van der Waals surface area contributed by atoms with Crippen LogP contribution in [-0.2, 0) is 9.59 Å². The molecular weight excluding hydrogens is 252 g/mol. The van der Waals surface area contributed by atoms with E-state index in [1.165, 1.54) is 0 Å². The minimum Gasteiger partial charge on any atom is -0.351 e. The quantitative estimate of drug-likeness (QED) is 0.865. The third kappa shape index (κ3) is 4.50. The van der Waals surface area contributed by atoms with Crippen molar-refractivity contribution in [2.75, 3.05) is 13.1 Å². The summed E-state index contributed by atoms with van der Waals surface area (Å²) in [6.07, 6.45) is 2.68. The van der Waals surface area contributed by atoms with Crippen molar-refractivity contribution in [1.29, 1.82) is 0 Å². The van der Waals surface area contributed by atoms with E-state index in [4.69, 9.17) is 0 Å². The van der Waals surface area contributed by atoms with Gasteiger partial charge in [-0.05, 0) is 33.1 Å². The number of hydrogen-bond acceptors (Lipinski definition) is 2. The molecule has 1 N–H and O–H groups in total. The lowest BCUT2D eigenvalue weighted by Gasteiger charge is -2.37. The van der Waals surface area contributed by atoms with Gasteiger partial charge in [0.05, 0.1) is 5.92 Å². The van der Waals surface area contributed by atoms with Gasteiger partial charge in [0.2, 0.25) is 11.8 Å². The van der Waals surface area contributed by atoms with Gasteiger partial charge in [0.25, 0.3) is 0 Å². The number of hydrogen-bond donors (Lipinski definition) is 1. The van der Waals surface area contributed by atoms with Crippen LogP contribution in [0.25, 0.3) is 0 Å². The summed E-state index contributed by atoms with van der Waals surface area (Å²) < 4.78 is 0. The third-order valence-electron chi connectivity index (χ3n) is 4.07. The highest BCUT2D eigenvalue weighted by molar-refractivity contribution is 5.84. The fraction of sp³-hybridized carbons (Fsp3) is 0.875. The zero-order valence-corrected chi connectivity index (χ0v) is 13.9. The fourth-order valence-electron chi connectivity index (χ4n) is 2.37. The van der Waals surface area contributed by atoms with Crippen molar-refractivity contribution in [3.63, 3.8) is 0 Å². The summed E-state index contributed by atoms with van der Waals surface area (Å²) in [6.45, 7) is 13.3. The first-order chi connectivity index (χ1) is 9.07. The molecule has 0 aromatic rings. The second-order valence-electron chi connectivity index (χ2n) is 7.57. The SMILES string of the molecule is CCC(C)(C)NC(=O)C1CCCN(C(=O)C(C)(C)C)C1. The second-order valence-corrected chi connectivity index (χ2v) is 7.57. The Hall–Kier alpha value is -1.06. The van der Waals surface area contributed by atoms with E-state index >= 15 is 0 Å². The number of amides is 2. The van der Waals surface area contributed by atoms with Crippen LogP contribution in [0.15, 0.2) is 0 Å². The number of likely N-dealkylation sites (tertiary alicyclic amines) is 1. The molecule has 4 heteroatoms. The molecule has 1 unspecified atom stereocenters. The van der Waals surface area contributed by atoms with E-state index in [1.54, 1.807) is 0 Å². The third-order valence-corrected chi connectivity index (χ3v) is 4.07. The van der Waals surface area contributed by atoms with Crippen molar-refractivity contribution in [1.82, 2.24) is 10.2 Å². The summed E-state index contributed by atoms with van der Waals surface area (Å²) in [5, 5.41) is 3.10. The van der Waals surface area contributed by atoms with E-state index in [0.29, 0.717) is 6.54 Å². The Balaban J connectivity index is 2.66. The predicted octanol–water partition coefficient (Wildman–Crippen LogP) is 2.58. The number of nitrogens with one attached hydrogen (secondary N) is 1. The molecule has 0 aromatic carbocycles. The van der Waals surface area contributed by atoms with Crippen LogP contribution < -0.4 is 5.32 Å². The summed E-state index contributed by atoms with van der Waals surface area (Å²) in [5.41, 5.74) is -0.547. The molecule has 0 aromatic heterocycles. The lowest BCUT2D eigenvalue weighted by molar-refractivity contribution is -0.143. The molecule has 0 aliphatic carbocycles. The van der Waals surface area contributed by atoms with Gasteiger partial charge in [0, 0.05) is 24.0 Å². The van der Waals surface area contributed by atoms with Gasteiger partial charge in [-0.2, -0.15) is 0 Å². The summed E-state index contributed by atoms with van der Waals surface area (Å²) in [7, 11) is 0. The van der Waals surface area contributed by atoms with Crippen LogP contribution in [0, 0.1) is 11.3 Å². The van der Waals surface area contributed by atoms with Gasteiger partial charge in [0.15, 0.2) is 0 Å². The molecule has 1 atom stereocenters. The number of carbonyl (C=O) groups is 2. The molecule has 0 radical (unpaired) electrons. The smallest absolute Gasteiger partial charge is 0.227 e. The van der Waals surface area contributed by atoms with E-state index in [0.717, 1.165) is 25.8 Å². The van der Waals surface area contributed by atoms with Crippen LogP contribution >= 0.6 is 0 Å². The molecule has 4 nitrogen and oxygen atoms in total. The van der Waals surface area contributed by atoms with Crippen molar-refractivity contribution in [3.05, 3.63) is 0 Å². The number of carbonyl (C=O) groups excluding carboxylic acids is 2. The molecule has 1 heterocycles. The first-order valence-corrected chi connectivity index (χ1v) is 7.68. The number of rotatable bonds is 3. The van der Waals surface area contributed by atoms with Gasteiger partial charge in [-0.25, -0.2) is 0 Å². The molecule has 0 bridgehead atoms. The Bertz CT molecular complexity index is 369. The van der Waals surface area contributed by atoms with Crippen LogP contribution in [0.5, 0.6) is 0 Å². The molecule has 0 spiro atoms. The van der Waals surface area contributed by atoms with Crippen LogP contribution in [0.2, 0.25) is 0 Å². The Labute approximate surface area is 123 Å².